The van der Waals surface area contributed by atoms with Gasteiger partial charge in [0.15, 0.2) is 5.78 Å². The van der Waals surface area contributed by atoms with Crippen molar-refractivity contribution in [1.29, 1.82) is 0 Å². The van der Waals surface area contributed by atoms with Crippen LogP contribution in [-0.4, -0.2) is 29.8 Å². The van der Waals surface area contributed by atoms with Gasteiger partial charge in [-0.1, -0.05) is 51.1 Å². The molecule has 1 rings (SSSR count). The Balaban J connectivity index is 2.87. The van der Waals surface area contributed by atoms with E-state index in [9.17, 15) is 4.79 Å². The summed E-state index contributed by atoms with van der Waals surface area (Å²) >= 11 is 0. The second-order valence-corrected chi connectivity index (χ2v) is 5.30. The number of Topliss-reactive ketones (excluding diaryl/α,β-unsaturated/α-hetero) is 1. The number of likely N-dealkylation sites (N-methyl/N-ethyl adjacent to an activating group) is 1. The minimum Gasteiger partial charge on any atom is -0.293 e. The first-order valence-corrected chi connectivity index (χ1v) is 6.80. The van der Waals surface area contributed by atoms with Crippen LogP contribution in [0.5, 0.6) is 0 Å². The summed E-state index contributed by atoms with van der Waals surface area (Å²) in [6.07, 6.45) is 0.848. The molecule has 100 valence electrons. The molecule has 0 aliphatic carbocycles. The Bertz CT molecular complexity index is 372. The van der Waals surface area contributed by atoms with Gasteiger partial charge in [-0.05, 0) is 26.3 Å². The van der Waals surface area contributed by atoms with Crippen molar-refractivity contribution in [2.75, 3.05) is 7.05 Å². The lowest BCUT2D eigenvalue weighted by atomic mass is 9.97. The maximum Gasteiger partial charge on any atom is 0.179 e. The Morgan fingerprint density at radius 3 is 2.17 bits per heavy atom. The van der Waals surface area contributed by atoms with Crippen LogP contribution in [0.15, 0.2) is 30.3 Å². The van der Waals surface area contributed by atoms with Gasteiger partial charge in [0.05, 0.1) is 6.04 Å². The van der Waals surface area contributed by atoms with E-state index in [0.29, 0.717) is 12.0 Å². The Morgan fingerprint density at radius 2 is 1.72 bits per heavy atom. The monoisotopic (exact) mass is 247 g/mol. The van der Waals surface area contributed by atoms with Gasteiger partial charge in [-0.2, -0.15) is 0 Å². The smallest absolute Gasteiger partial charge is 0.179 e. The molecular formula is C16H25NO. The van der Waals surface area contributed by atoms with Crippen molar-refractivity contribution in [2.45, 2.75) is 46.2 Å². The van der Waals surface area contributed by atoms with Crippen molar-refractivity contribution in [3.05, 3.63) is 35.9 Å². The molecule has 0 saturated heterocycles. The highest BCUT2D eigenvalue weighted by Gasteiger charge is 2.26. The molecule has 0 aliphatic heterocycles. The zero-order chi connectivity index (χ0) is 13.7. The van der Waals surface area contributed by atoms with Crippen LogP contribution in [0.3, 0.4) is 0 Å². The molecule has 0 bridgehead atoms. The summed E-state index contributed by atoms with van der Waals surface area (Å²) in [5, 5.41) is 0. The molecular weight excluding hydrogens is 222 g/mol. The standard InChI is InChI=1S/C16H25NO/c1-6-15(17(5)13(4)12(2)3)16(18)14-10-8-7-9-11-14/h7-13,15H,6H2,1-5H3. The van der Waals surface area contributed by atoms with Crippen LogP contribution in [0.25, 0.3) is 0 Å². The highest BCUT2D eigenvalue weighted by molar-refractivity contribution is 6.00. The van der Waals surface area contributed by atoms with Crippen LogP contribution >= 0.6 is 0 Å². The minimum absolute atomic E-state index is 0.0233. The number of rotatable bonds is 6. The maximum atomic E-state index is 12.5. The highest BCUT2D eigenvalue weighted by atomic mass is 16.1. The van der Waals surface area contributed by atoms with E-state index < -0.39 is 0 Å². The van der Waals surface area contributed by atoms with Gasteiger partial charge in [-0.3, -0.25) is 9.69 Å². The fourth-order valence-corrected chi connectivity index (χ4v) is 2.21. The number of ketones is 1. The summed E-state index contributed by atoms with van der Waals surface area (Å²) in [7, 11) is 2.06. The van der Waals surface area contributed by atoms with Gasteiger partial charge in [-0.25, -0.2) is 0 Å². The number of nitrogens with zero attached hydrogens (tertiary/aromatic N) is 1. The van der Waals surface area contributed by atoms with Crippen molar-refractivity contribution in [1.82, 2.24) is 4.90 Å². The zero-order valence-corrected chi connectivity index (χ0v) is 12.2. The SMILES string of the molecule is CCC(C(=O)c1ccccc1)N(C)C(C)C(C)C. The number of benzene rings is 1. The van der Waals surface area contributed by atoms with Crippen molar-refractivity contribution in [3.8, 4) is 0 Å². The summed E-state index contributed by atoms with van der Waals surface area (Å²) in [5.41, 5.74) is 0.812. The van der Waals surface area contributed by atoms with Gasteiger partial charge in [-0.15, -0.1) is 0 Å². The van der Waals surface area contributed by atoms with Crippen molar-refractivity contribution < 1.29 is 4.79 Å². The lowest BCUT2D eigenvalue weighted by Gasteiger charge is -2.34. The van der Waals surface area contributed by atoms with Crippen molar-refractivity contribution in [3.63, 3.8) is 0 Å². The first-order chi connectivity index (χ1) is 8.49. The fraction of sp³-hybridized carbons (Fsp3) is 0.562. The lowest BCUT2D eigenvalue weighted by Crippen LogP contribution is -2.45. The predicted octanol–water partition coefficient (Wildman–Crippen LogP) is 3.62. The Labute approximate surface area is 111 Å². The van der Waals surface area contributed by atoms with Crippen LogP contribution < -0.4 is 0 Å². The summed E-state index contributed by atoms with van der Waals surface area (Å²) in [4.78, 5) is 14.7. The fourth-order valence-electron chi connectivity index (χ4n) is 2.21. The molecule has 1 aromatic rings. The summed E-state index contributed by atoms with van der Waals surface area (Å²) < 4.78 is 0. The summed E-state index contributed by atoms with van der Waals surface area (Å²) in [6.45, 7) is 8.66. The Hall–Kier alpha value is -1.15. The molecule has 0 N–H and O–H groups in total. The van der Waals surface area contributed by atoms with Gasteiger partial charge in [0, 0.05) is 11.6 Å². The number of carbonyl (C=O) groups is 1. The Morgan fingerprint density at radius 1 is 1.17 bits per heavy atom. The molecule has 0 radical (unpaired) electrons. The van der Waals surface area contributed by atoms with E-state index in [4.69, 9.17) is 0 Å². The maximum absolute atomic E-state index is 12.5. The molecule has 0 aliphatic rings. The van der Waals surface area contributed by atoms with Crippen molar-refractivity contribution in [2.24, 2.45) is 5.92 Å². The quantitative estimate of drug-likeness (QED) is 0.716. The first kappa shape index (κ1) is 14.9. The molecule has 0 amide bonds. The average Bonchev–Trinajstić information content (AvgIpc) is 2.39. The van der Waals surface area contributed by atoms with E-state index in [1.807, 2.05) is 30.3 Å². The molecule has 2 nitrogen and oxygen atoms in total. The third-order valence-corrected chi connectivity index (χ3v) is 3.85. The molecule has 0 fully saturated rings. The zero-order valence-electron chi connectivity index (χ0n) is 12.2. The van der Waals surface area contributed by atoms with Gasteiger partial charge in [0.25, 0.3) is 0 Å². The number of hydrogen-bond acceptors (Lipinski definition) is 2. The molecule has 1 aromatic carbocycles. The van der Waals surface area contributed by atoms with Gasteiger partial charge in [0.2, 0.25) is 0 Å². The van der Waals surface area contributed by atoms with E-state index in [1.54, 1.807) is 0 Å². The van der Waals surface area contributed by atoms with Crippen LogP contribution in [0.4, 0.5) is 0 Å². The van der Waals surface area contributed by atoms with E-state index in [0.717, 1.165) is 12.0 Å². The molecule has 0 saturated carbocycles. The largest absolute Gasteiger partial charge is 0.293 e. The molecule has 2 heteroatoms. The molecule has 2 unspecified atom stereocenters. The van der Waals surface area contributed by atoms with Crippen LogP contribution in [0, 0.1) is 5.92 Å². The van der Waals surface area contributed by atoms with Crippen LogP contribution in [0.1, 0.15) is 44.5 Å². The topological polar surface area (TPSA) is 20.3 Å². The van der Waals surface area contributed by atoms with E-state index in [2.05, 4.69) is 39.6 Å². The Kier molecular flexibility index (Phi) is 5.54. The summed E-state index contributed by atoms with van der Waals surface area (Å²) in [6, 6.07) is 9.97. The highest BCUT2D eigenvalue weighted by Crippen LogP contribution is 2.17. The van der Waals surface area contributed by atoms with E-state index in [-0.39, 0.29) is 11.8 Å². The predicted molar refractivity (Wildman–Crippen MR) is 76.9 cm³/mol. The third-order valence-electron chi connectivity index (χ3n) is 3.85. The molecule has 18 heavy (non-hydrogen) atoms. The first-order valence-electron chi connectivity index (χ1n) is 6.80. The second-order valence-electron chi connectivity index (χ2n) is 5.30. The minimum atomic E-state index is -0.0233. The van der Waals surface area contributed by atoms with E-state index >= 15 is 0 Å². The van der Waals surface area contributed by atoms with Crippen LogP contribution in [0.2, 0.25) is 0 Å². The van der Waals surface area contributed by atoms with Crippen LogP contribution in [-0.2, 0) is 0 Å². The molecule has 0 spiro atoms. The normalized spacial score (nSPS) is 14.8. The van der Waals surface area contributed by atoms with E-state index in [1.165, 1.54) is 0 Å². The van der Waals surface area contributed by atoms with Gasteiger partial charge < -0.3 is 0 Å². The summed E-state index contributed by atoms with van der Waals surface area (Å²) in [5.74, 6) is 0.778. The molecule has 0 heterocycles. The van der Waals surface area contributed by atoms with Gasteiger partial charge in [0.1, 0.15) is 0 Å². The third kappa shape index (κ3) is 3.42. The number of carbonyl (C=O) groups excluding carboxylic acids is 1. The van der Waals surface area contributed by atoms with Gasteiger partial charge >= 0.3 is 0 Å². The van der Waals surface area contributed by atoms with Crippen molar-refractivity contribution >= 4 is 5.78 Å². The second kappa shape index (κ2) is 6.69. The molecule has 2 atom stereocenters. The number of hydrogen-bond donors (Lipinski definition) is 0. The molecule has 0 aromatic heterocycles. The average molecular weight is 247 g/mol. The lowest BCUT2D eigenvalue weighted by molar-refractivity contribution is 0.0757.